The average molecular weight is 403 g/mol. The number of aliphatic hydroxyl groups excluding tert-OH is 10. The first-order valence-corrected chi connectivity index (χ1v) is 8.03. The monoisotopic (exact) mass is 403 g/mol. The predicted molar refractivity (Wildman–Crippen MR) is 85.8 cm³/mol. The first-order chi connectivity index (χ1) is 12.5. The maximum Gasteiger partial charge on any atom is 0.217 e. The van der Waals surface area contributed by atoms with Crippen LogP contribution in [0.15, 0.2) is 0 Å². The lowest BCUT2D eigenvalue weighted by molar-refractivity contribution is -0.253. The van der Waals surface area contributed by atoms with Gasteiger partial charge in [0.2, 0.25) is 5.91 Å². The summed E-state index contributed by atoms with van der Waals surface area (Å²) in [6.45, 7) is -0.765. The molecule has 1 unspecified atom stereocenters. The minimum Gasteiger partial charge on any atom is -0.394 e. The summed E-state index contributed by atoms with van der Waals surface area (Å²) < 4.78 is 4.81. The molecular formula is C14H29NO12. The number of aliphatic hydroxyl groups is 10. The van der Waals surface area contributed by atoms with Gasteiger partial charge in [-0.1, -0.05) is 0 Å². The fourth-order valence-corrected chi connectivity index (χ4v) is 2.16. The Morgan fingerprint density at radius 1 is 0.926 bits per heavy atom. The zero-order valence-electron chi connectivity index (χ0n) is 14.6. The summed E-state index contributed by atoms with van der Waals surface area (Å²) in [5.41, 5.74) is 0. The van der Waals surface area contributed by atoms with Gasteiger partial charge in [-0.25, -0.2) is 0 Å². The first kappa shape index (κ1) is 26.0. The van der Waals surface area contributed by atoms with E-state index in [0.717, 1.165) is 0 Å². The molecule has 1 amide bonds. The Balaban J connectivity index is 0.000000516. The maximum atomic E-state index is 10.7. The van der Waals surface area contributed by atoms with Gasteiger partial charge in [0.15, 0.2) is 6.29 Å². The van der Waals surface area contributed by atoms with Gasteiger partial charge in [-0.15, -0.1) is 0 Å². The number of rotatable bonds is 7. The van der Waals surface area contributed by atoms with E-state index < -0.39 is 80.8 Å². The quantitative estimate of drug-likeness (QED) is 0.190. The molecule has 27 heavy (non-hydrogen) atoms. The number of amides is 1. The highest BCUT2D eigenvalue weighted by molar-refractivity contribution is 5.73. The molecule has 0 aromatic rings. The van der Waals surface area contributed by atoms with Gasteiger partial charge in [-0.3, -0.25) is 4.79 Å². The molecule has 1 aliphatic heterocycles. The molecule has 0 saturated carbocycles. The Kier molecular flexibility index (Phi) is 12.0. The van der Waals surface area contributed by atoms with Crippen LogP contribution in [0, 0.1) is 0 Å². The lowest BCUT2D eigenvalue weighted by atomic mass is 9.97. The van der Waals surface area contributed by atoms with Gasteiger partial charge in [0.1, 0.15) is 48.8 Å². The second-order valence-electron chi connectivity index (χ2n) is 5.94. The van der Waals surface area contributed by atoms with Crippen molar-refractivity contribution in [1.29, 1.82) is 0 Å². The van der Waals surface area contributed by atoms with Gasteiger partial charge < -0.3 is 61.1 Å². The number of carbonyl (C=O) groups excluding carboxylic acids is 1. The first-order valence-electron chi connectivity index (χ1n) is 8.03. The number of hydrogen-bond acceptors (Lipinski definition) is 12. The van der Waals surface area contributed by atoms with Crippen LogP contribution in [0.5, 0.6) is 0 Å². The molecule has 162 valence electrons. The lowest BCUT2D eigenvalue weighted by Gasteiger charge is -2.40. The molecule has 1 aliphatic rings. The molecule has 1 fully saturated rings. The van der Waals surface area contributed by atoms with Gasteiger partial charge in [0.05, 0.1) is 19.8 Å². The van der Waals surface area contributed by atoms with E-state index in [1.165, 1.54) is 6.92 Å². The topological polar surface area (TPSA) is 241 Å². The normalized spacial score (nSPS) is 32.5. The Hall–Kier alpha value is -0.970. The van der Waals surface area contributed by atoms with E-state index in [9.17, 15) is 20.1 Å². The Bertz CT molecular complexity index is 413. The van der Waals surface area contributed by atoms with Crippen molar-refractivity contribution >= 4 is 5.91 Å². The summed E-state index contributed by atoms with van der Waals surface area (Å²) in [4.78, 5) is 10.7. The standard InChI is InChI=1S/C8H15NO6.C6H14O6/c1-3(11)9-5-7(13)6(12)4(2-10)15-8(5)14;7-1-3(9)5(11)6(12)4(10)2-8/h4-8,10,12-14H,2H2,1H3,(H,9,11);3-12H,1-2H2/t4-,5-,6-,7-,8?;3-,4-,5-,6-/m11/s1. The molecule has 0 radical (unpaired) electrons. The van der Waals surface area contributed by atoms with E-state index in [4.69, 9.17) is 40.5 Å². The van der Waals surface area contributed by atoms with Gasteiger partial charge in [0, 0.05) is 6.92 Å². The Morgan fingerprint density at radius 2 is 1.37 bits per heavy atom. The van der Waals surface area contributed by atoms with Crippen LogP contribution < -0.4 is 5.32 Å². The Labute approximate surface area is 154 Å². The highest BCUT2D eigenvalue weighted by Crippen LogP contribution is 2.19. The summed E-state index contributed by atoms with van der Waals surface area (Å²) in [6, 6.07) is -1.10. The average Bonchev–Trinajstić information content (AvgIpc) is 2.65. The highest BCUT2D eigenvalue weighted by atomic mass is 16.6. The SMILES string of the molecule is CC(=O)N[C@H]1C(O)O[C@H](CO)[C@@H](O)[C@@H]1O.OC[C@@H](O)[C@@H](O)[C@H](O)[C@H](O)CO. The van der Waals surface area contributed by atoms with Crippen molar-refractivity contribution in [3.8, 4) is 0 Å². The summed E-state index contributed by atoms with van der Waals surface area (Å²) in [6.07, 6.45) is -11.6. The molecule has 11 N–H and O–H groups in total. The second kappa shape index (κ2) is 12.5. The van der Waals surface area contributed by atoms with Gasteiger partial charge in [0.25, 0.3) is 0 Å². The lowest BCUT2D eigenvalue weighted by Crippen LogP contribution is -2.63. The van der Waals surface area contributed by atoms with Gasteiger partial charge in [-0.2, -0.15) is 0 Å². The van der Waals surface area contributed by atoms with Crippen LogP contribution >= 0.6 is 0 Å². The van der Waals surface area contributed by atoms with Crippen molar-refractivity contribution in [3.63, 3.8) is 0 Å². The zero-order chi connectivity index (χ0) is 21.3. The summed E-state index contributed by atoms with van der Waals surface area (Å²) in [5.74, 6) is -0.462. The minimum atomic E-state index is -1.67. The Morgan fingerprint density at radius 3 is 1.70 bits per heavy atom. The van der Waals surface area contributed by atoms with Crippen LogP contribution in [-0.2, 0) is 9.53 Å². The maximum absolute atomic E-state index is 10.7. The van der Waals surface area contributed by atoms with Crippen LogP contribution in [0.3, 0.4) is 0 Å². The molecule has 0 aromatic carbocycles. The molecular weight excluding hydrogens is 374 g/mol. The van der Waals surface area contributed by atoms with E-state index in [1.54, 1.807) is 0 Å². The fourth-order valence-electron chi connectivity index (χ4n) is 2.16. The molecule has 1 saturated heterocycles. The van der Waals surface area contributed by atoms with Crippen LogP contribution in [0.25, 0.3) is 0 Å². The van der Waals surface area contributed by atoms with Crippen LogP contribution in [0.2, 0.25) is 0 Å². The summed E-state index contributed by atoms with van der Waals surface area (Å²) in [7, 11) is 0. The predicted octanol–water partition coefficient (Wildman–Crippen LogP) is -6.66. The van der Waals surface area contributed by atoms with Gasteiger partial charge in [-0.05, 0) is 0 Å². The van der Waals surface area contributed by atoms with Crippen molar-refractivity contribution in [2.24, 2.45) is 0 Å². The van der Waals surface area contributed by atoms with Crippen LogP contribution in [0.1, 0.15) is 6.92 Å². The second-order valence-corrected chi connectivity index (χ2v) is 5.94. The third kappa shape index (κ3) is 7.89. The third-order valence-electron chi connectivity index (χ3n) is 3.78. The van der Waals surface area contributed by atoms with Gasteiger partial charge >= 0.3 is 0 Å². The highest BCUT2D eigenvalue weighted by Gasteiger charge is 2.43. The van der Waals surface area contributed by atoms with E-state index in [-0.39, 0.29) is 0 Å². The van der Waals surface area contributed by atoms with E-state index in [1.807, 2.05) is 0 Å². The number of ether oxygens (including phenoxy) is 1. The number of nitrogens with one attached hydrogen (secondary N) is 1. The molecule has 13 heteroatoms. The van der Waals surface area contributed by atoms with E-state index >= 15 is 0 Å². The third-order valence-corrected chi connectivity index (χ3v) is 3.78. The van der Waals surface area contributed by atoms with Crippen LogP contribution in [-0.4, -0.2) is 132 Å². The van der Waals surface area contributed by atoms with Crippen molar-refractivity contribution in [3.05, 3.63) is 0 Å². The van der Waals surface area contributed by atoms with Crippen molar-refractivity contribution in [1.82, 2.24) is 5.32 Å². The molecule has 13 nitrogen and oxygen atoms in total. The van der Waals surface area contributed by atoms with Crippen molar-refractivity contribution < 1.29 is 60.6 Å². The molecule has 0 aromatic heterocycles. The molecule has 1 rings (SSSR count). The largest absolute Gasteiger partial charge is 0.394 e. The molecule has 9 atom stereocenters. The summed E-state index contributed by atoms with van der Waals surface area (Å²) in [5, 5.41) is 91.6. The number of carbonyl (C=O) groups is 1. The smallest absolute Gasteiger partial charge is 0.217 e. The minimum absolute atomic E-state index is 0.462. The summed E-state index contributed by atoms with van der Waals surface area (Å²) >= 11 is 0. The van der Waals surface area contributed by atoms with Crippen molar-refractivity contribution in [2.45, 2.75) is 62.0 Å². The zero-order valence-corrected chi connectivity index (χ0v) is 14.6. The number of hydrogen-bond donors (Lipinski definition) is 11. The van der Waals surface area contributed by atoms with E-state index in [2.05, 4.69) is 5.32 Å². The van der Waals surface area contributed by atoms with Crippen LogP contribution in [0.4, 0.5) is 0 Å². The van der Waals surface area contributed by atoms with Crippen molar-refractivity contribution in [2.75, 3.05) is 19.8 Å². The fraction of sp³-hybridized carbons (Fsp3) is 0.929. The molecule has 0 aliphatic carbocycles. The molecule has 0 spiro atoms. The molecule has 1 heterocycles. The molecule has 0 bridgehead atoms. The van der Waals surface area contributed by atoms with E-state index in [0.29, 0.717) is 0 Å².